The third-order valence-corrected chi connectivity index (χ3v) is 2.01. The number of halogens is 1. The van der Waals surface area contributed by atoms with Gasteiger partial charge in [0.05, 0.1) is 0 Å². The summed E-state index contributed by atoms with van der Waals surface area (Å²) in [5, 5.41) is 0.294. The molecule has 1 aromatic heterocycles. The molecule has 4 heteroatoms. The summed E-state index contributed by atoms with van der Waals surface area (Å²) in [4.78, 5) is 7.27. The molecule has 0 aliphatic heterocycles. The predicted molar refractivity (Wildman–Crippen MR) is 66.2 cm³/mol. The van der Waals surface area contributed by atoms with Gasteiger partial charge in [0.15, 0.2) is 0 Å². The van der Waals surface area contributed by atoms with Gasteiger partial charge in [-0.25, -0.2) is 9.97 Å². The Morgan fingerprint density at radius 2 is 1.62 bits per heavy atom. The van der Waals surface area contributed by atoms with Crippen LogP contribution in [0.1, 0.15) is 5.56 Å². The lowest BCUT2D eigenvalue weighted by Gasteiger charge is -1.93. The first-order chi connectivity index (χ1) is 7.83. The van der Waals surface area contributed by atoms with Crippen LogP contribution in [-0.2, 0) is 6.42 Å². The fourth-order valence-electron chi connectivity index (χ4n) is 1.09. The highest BCUT2D eigenvalue weighted by Crippen LogP contribution is 1.96. The number of hydrogen-bond donors (Lipinski definition) is 1. The Morgan fingerprint density at radius 1 is 1.00 bits per heavy atom. The summed E-state index contributed by atoms with van der Waals surface area (Å²) >= 11 is 5.32. The summed E-state index contributed by atoms with van der Waals surface area (Å²) in [6, 6.07) is 12.0. The van der Waals surface area contributed by atoms with Crippen LogP contribution in [0.5, 0.6) is 0 Å². The normalized spacial score (nSPS) is 9.12. The molecule has 0 bridgehead atoms. The molecule has 0 amide bonds. The Labute approximate surface area is 100 Å². The van der Waals surface area contributed by atoms with E-state index in [0.717, 1.165) is 13.0 Å². The zero-order valence-electron chi connectivity index (χ0n) is 8.88. The van der Waals surface area contributed by atoms with Gasteiger partial charge in [-0.15, -0.1) is 0 Å². The number of hydrogen-bond acceptors (Lipinski definition) is 3. The lowest BCUT2D eigenvalue weighted by Crippen LogP contribution is -2.01. The average Bonchev–Trinajstić information content (AvgIpc) is 2.33. The highest BCUT2D eigenvalue weighted by molar-refractivity contribution is 6.28. The van der Waals surface area contributed by atoms with Gasteiger partial charge in [-0.05, 0) is 36.2 Å². The van der Waals surface area contributed by atoms with E-state index in [4.69, 9.17) is 17.3 Å². The average molecular weight is 236 g/mol. The van der Waals surface area contributed by atoms with Gasteiger partial charge in [0, 0.05) is 12.4 Å². The molecule has 0 aliphatic carbocycles. The molecule has 2 rings (SSSR count). The fraction of sp³-hybridized carbons (Fsp3) is 0.167. The number of rotatable bonds is 2. The maximum Gasteiger partial charge on any atom is 0.222 e. The quantitative estimate of drug-likeness (QED) is 0.813. The molecule has 0 spiro atoms. The topological polar surface area (TPSA) is 51.8 Å². The zero-order valence-corrected chi connectivity index (χ0v) is 9.64. The molecule has 1 heterocycles. The number of nitrogens with two attached hydrogens (primary N) is 1. The van der Waals surface area contributed by atoms with Crippen LogP contribution in [0.2, 0.25) is 5.28 Å². The van der Waals surface area contributed by atoms with Crippen molar-refractivity contribution in [2.24, 2.45) is 5.73 Å². The van der Waals surface area contributed by atoms with E-state index in [1.165, 1.54) is 5.56 Å². The second kappa shape index (κ2) is 7.79. The molecule has 1 aromatic carbocycles. The van der Waals surface area contributed by atoms with E-state index >= 15 is 0 Å². The fourth-order valence-corrected chi connectivity index (χ4v) is 1.20. The second-order valence-electron chi connectivity index (χ2n) is 3.04. The predicted octanol–water partition coefficient (Wildman–Crippen LogP) is 2.32. The number of aromatic nitrogens is 2. The zero-order chi connectivity index (χ0) is 11.6. The van der Waals surface area contributed by atoms with E-state index in [9.17, 15) is 0 Å². The Bertz CT molecular complexity index is 378. The van der Waals surface area contributed by atoms with Gasteiger partial charge in [-0.1, -0.05) is 30.3 Å². The molecule has 0 saturated heterocycles. The molecular weight excluding hydrogens is 222 g/mol. The molecule has 0 unspecified atom stereocenters. The van der Waals surface area contributed by atoms with E-state index < -0.39 is 0 Å². The minimum Gasteiger partial charge on any atom is -0.330 e. The van der Waals surface area contributed by atoms with E-state index in [1.807, 2.05) is 18.2 Å². The summed E-state index contributed by atoms with van der Waals surface area (Å²) in [5.41, 5.74) is 6.68. The highest BCUT2D eigenvalue weighted by Gasteiger charge is 1.84. The van der Waals surface area contributed by atoms with Crippen molar-refractivity contribution in [2.45, 2.75) is 6.42 Å². The van der Waals surface area contributed by atoms with Crippen LogP contribution in [0.4, 0.5) is 0 Å². The summed E-state index contributed by atoms with van der Waals surface area (Å²) in [6.07, 6.45) is 4.17. The van der Waals surface area contributed by atoms with Crippen molar-refractivity contribution in [3.8, 4) is 0 Å². The van der Waals surface area contributed by atoms with Crippen molar-refractivity contribution in [3.63, 3.8) is 0 Å². The van der Waals surface area contributed by atoms with Gasteiger partial charge >= 0.3 is 0 Å². The molecule has 3 nitrogen and oxygen atoms in total. The molecule has 2 N–H and O–H groups in total. The lowest BCUT2D eigenvalue weighted by atomic mass is 10.2. The molecule has 0 atom stereocenters. The third-order valence-electron chi connectivity index (χ3n) is 1.81. The van der Waals surface area contributed by atoms with Crippen molar-refractivity contribution in [1.82, 2.24) is 9.97 Å². The maximum atomic E-state index is 5.36. The van der Waals surface area contributed by atoms with Crippen molar-refractivity contribution in [3.05, 3.63) is 59.6 Å². The standard InChI is InChI=1S/C8H11N.C4H3ClN2/c9-7-6-8-4-2-1-3-5-8;5-4-6-2-1-3-7-4/h1-5H,6-7,9H2;1-3H. The Hall–Kier alpha value is -1.45. The Balaban J connectivity index is 0.000000165. The van der Waals surface area contributed by atoms with Crippen LogP contribution in [0.25, 0.3) is 0 Å². The van der Waals surface area contributed by atoms with Crippen LogP contribution in [0.15, 0.2) is 48.8 Å². The van der Waals surface area contributed by atoms with E-state index in [-0.39, 0.29) is 0 Å². The summed E-state index contributed by atoms with van der Waals surface area (Å²) < 4.78 is 0. The molecule has 16 heavy (non-hydrogen) atoms. The van der Waals surface area contributed by atoms with Gasteiger partial charge in [-0.3, -0.25) is 0 Å². The number of benzene rings is 1. The first kappa shape index (κ1) is 12.6. The molecule has 84 valence electrons. The van der Waals surface area contributed by atoms with Crippen LogP contribution in [0, 0.1) is 0 Å². The van der Waals surface area contributed by atoms with Crippen molar-refractivity contribution < 1.29 is 0 Å². The Morgan fingerprint density at radius 3 is 2.06 bits per heavy atom. The van der Waals surface area contributed by atoms with Crippen LogP contribution in [0.3, 0.4) is 0 Å². The van der Waals surface area contributed by atoms with Gasteiger partial charge in [0.2, 0.25) is 5.28 Å². The van der Waals surface area contributed by atoms with Crippen LogP contribution in [-0.4, -0.2) is 16.5 Å². The van der Waals surface area contributed by atoms with E-state index in [0.29, 0.717) is 5.28 Å². The van der Waals surface area contributed by atoms with Crippen LogP contribution < -0.4 is 5.73 Å². The summed E-state index contributed by atoms with van der Waals surface area (Å²) in [6.45, 7) is 0.740. The first-order valence-electron chi connectivity index (χ1n) is 4.99. The van der Waals surface area contributed by atoms with Crippen molar-refractivity contribution in [2.75, 3.05) is 6.54 Å². The minimum absolute atomic E-state index is 0.294. The van der Waals surface area contributed by atoms with E-state index in [1.54, 1.807) is 18.5 Å². The van der Waals surface area contributed by atoms with Crippen molar-refractivity contribution in [1.29, 1.82) is 0 Å². The summed E-state index contributed by atoms with van der Waals surface area (Å²) in [7, 11) is 0. The molecule has 0 aliphatic rings. The largest absolute Gasteiger partial charge is 0.330 e. The lowest BCUT2D eigenvalue weighted by molar-refractivity contribution is 0.969. The molecular formula is C12H14ClN3. The second-order valence-corrected chi connectivity index (χ2v) is 3.38. The Kier molecular flexibility index (Phi) is 6.15. The molecule has 0 fully saturated rings. The smallest absolute Gasteiger partial charge is 0.222 e. The van der Waals surface area contributed by atoms with Gasteiger partial charge in [-0.2, -0.15) is 0 Å². The molecule has 2 aromatic rings. The van der Waals surface area contributed by atoms with Crippen LogP contribution >= 0.6 is 11.6 Å². The highest BCUT2D eigenvalue weighted by atomic mass is 35.5. The SMILES string of the molecule is Clc1ncccn1.NCCc1ccccc1. The summed E-state index contributed by atoms with van der Waals surface area (Å²) in [5.74, 6) is 0. The number of nitrogens with zero attached hydrogens (tertiary/aromatic N) is 2. The molecule has 0 radical (unpaired) electrons. The molecule has 0 saturated carbocycles. The van der Waals surface area contributed by atoms with E-state index in [2.05, 4.69) is 22.1 Å². The van der Waals surface area contributed by atoms with Crippen molar-refractivity contribution >= 4 is 11.6 Å². The van der Waals surface area contributed by atoms with Gasteiger partial charge in [0.1, 0.15) is 0 Å². The third kappa shape index (κ3) is 5.44. The van der Waals surface area contributed by atoms with Gasteiger partial charge < -0.3 is 5.73 Å². The monoisotopic (exact) mass is 235 g/mol. The minimum atomic E-state index is 0.294. The van der Waals surface area contributed by atoms with Gasteiger partial charge in [0.25, 0.3) is 0 Å². The maximum absolute atomic E-state index is 5.36. The first-order valence-corrected chi connectivity index (χ1v) is 5.37.